The lowest BCUT2D eigenvalue weighted by Gasteiger charge is -2.10. The molecule has 0 aliphatic heterocycles. The van der Waals surface area contributed by atoms with E-state index in [4.69, 9.17) is 12.2 Å². The number of aryl methyl sites for hydroxylation is 1. The van der Waals surface area contributed by atoms with Crippen LogP contribution in [-0.4, -0.2) is 4.98 Å². The lowest BCUT2D eigenvalue weighted by Crippen LogP contribution is -2.02. The highest BCUT2D eigenvalue weighted by molar-refractivity contribution is 5.50. The molecule has 0 saturated heterocycles. The number of pyridine rings is 1. The fraction of sp³-hybridized carbons (Fsp3) is 0.364. The highest BCUT2D eigenvalue weighted by atomic mass is 14.7. The molecule has 2 heteroatoms. The summed E-state index contributed by atoms with van der Waals surface area (Å²) in [5.74, 6) is 2.94. The molecule has 1 heterocycles. The van der Waals surface area contributed by atoms with Crippen molar-refractivity contribution < 1.29 is 0 Å². The predicted octanol–water partition coefficient (Wildman–Crippen LogP) is 2.08. The second kappa shape index (κ2) is 3.49. The topological polar surface area (TPSA) is 38.9 Å². The lowest BCUT2D eigenvalue weighted by atomic mass is 10.0. The van der Waals surface area contributed by atoms with Crippen LogP contribution in [0, 0.1) is 19.3 Å². The van der Waals surface area contributed by atoms with Crippen molar-refractivity contribution in [2.75, 3.05) is 5.73 Å². The molecule has 13 heavy (non-hydrogen) atoms. The van der Waals surface area contributed by atoms with E-state index in [9.17, 15) is 0 Å². The Morgan fingerprint density at radius 3 is 2.62 bits per heavy atom. The minimum Gasteiger partial charge on any atom is -0.397 e. The van der Waals surface area contributed by atoms with Crippen LogP contribution in [0.25, 0.3) is 0 Å². The Morgan fingerprint density at radius 1 is 1.54 bits per heavy atom. The molecule has 0 amide bonds. The van der Waals surface area contributed by atoms with Crippen LogP contribution in [-0.2, 0) is 0 Å². The molecule has 0 atom stereocenters. The maximum absolute atomic E-state index is 5.75. The molecule has 0 aliphatic rings. The highest BCUT2D eigenvalue weighted by Crippen LogP contribution is 2.21. The zero-order valence-electron chi connectivity index (χ0n) is 8.26. The van der Waals surface area contributed by atoms with Gasteiger partial charge in [0.05, 0.1) is 11.4 Å². The zero-order chi connectivity index (χ0) is 10.0. The van der Waals surface area contributed by atoms with Gasteiger partial charge in [0.2, 0.25) is 0 Å². The van der Waals surface area contributed by atoms with Crippen LogP contribution in [0.4, 0.5) is 5.69 Å². The van der Waals surface area contributed by atoms with Gasteiger partial charge in [0.25, 0.3) is 0 Å². The van der Waals surface area contributed by atoms with Crippen molar-refractivity contribution in [2.24, 2.45) is 0 Å². The van der Waals surface area contributed by atoms with Crippen LogP contribution in [0.15, 0.2) is 6.07 Å². The standard InChI is InChI=1S/C11H14N2/c1-5-11-9(7(2)3)6-10(12)8(4)13-11/h1,6-7H,12H2,2-4H3. The van der Waals surface area contributed by atoms with Crippen LogP contribution < -0.4 is 5.73 Å². The molecule has 0 aromatic carbocycles. The number of nitrogen functional groups attached to an aromatic ring is 1. The number of rotatable bonds is 1. The first-order chi connectivity index (χ1) is 6.06. The average molecular weight is 174 g/mol. The minimum atomic E-state index is 0.362. The third-order valence-corrected chi connectivity index (χ3v) is 2.04. The summed E-state index contributed by atoms with van der Waals surface area (Å²) in [7, 11) is 0. The maximum Gasteiger partial charge on any atom is 0.116 e. The Labute approximate surface area is 79.2 Å². The molecular formula is C11H14N2. The molecule has 0 aliphatic carbocycles. The quantitative estimate of drug-likeness (QED) is 0.662. The molecule has 0 unspecified atom stereocenters. The van der Waals surface area contributed by atoms with Gasteiger partial charge in [0, 0.05) is 0 Å². The fourth-order valence-corrected chi connectivity index (χ4v) is 1.19. The molecule has 68 valence electrons. The number of nitrogens with two attached hydrogens (primary N) is 1. The molecule has 0 saturated carbocycles. The van der Waals surface area contributed by atoms with Gasteiger partial charge in [-0.1, -0.05) is 13.8 Å². The Kier molecular flexibility index (Phi) is 2.57. The molecule has 1 rings (SSSR count). The summed E-state index contributed by atoms with van der Waals surface area (Å²) in [6, 6.07) is 1.92. The molecule has 1 aromatic rings. The van der Waals surface area contributed by atoms with E-state index in [1.54, 1.807) is 0 Å². The zero-order valence-corrected chi connectivity index (χ0v) is 8.26. The van der Waals surface area contributed by atoms with Gasteiger partial charge >= 0.3 is 0 Å². The highest BCUT2D eigenvalue weighted by Gasteiger charge is 2.08. The van der Waals surface area contributed by atoms with E-state index in [0.717, 1.165) is 11.3 Å². The van der Waals surface area contributed by atoms with Crippen molar-refractivity contribution in [3.8, 4) is 12.3 Å². The summed E-state index contributed by atoms with van der Waals surface area (Å²) in [5.41, 5.74) is 9.02. The predicted molar refractivity (Wildman–Crippen MR) is 55.4 cm³/mol. The van der Waals surface area contributed by atoms with Gasteiger partial charge in [-0.2, -0.15) is 0 Å². The number of aromatic nitrogens is 1. The van der Waals surface area contributed by atoms with Gasteiger partial charge in [0.15, 0.2) is 0 Å². The maximum atomic E-state index is 5.75. The SMILES string of the molecule is C#Cc1nc(C)c(N)cc1C(C)C. The molecule has 1 aromatic heterocycles. The number of anilines is 1. The van der Waals surface area contributed by atoms with Crippen molar-refractivity contribution in [3.63, 3.8) is 0 Å². The van der Waals surface area contributed by atoms with Gasteiger partial charge in [-0.05, 0) is 30.4 Å². The van der Waals surface area contributed by atoms with Crippen molar-refractivity contribution in [3.05, 3.63) is 23.0 Å². The number of nitrogens with zero attached hydrogens (tertiary/aromatic N) is 1. The van der Waals surface area contributed by atoms with Gasteiger partial charge in [-0.3, -0.25) is 0 Å². The van der Waals surface area contributed by atoms with Gasteiger partial charge in [0.1, 0.15) is 5.69 Å². The van der Waals surface area contributed by atoms with Gasteiger partial charge in [-0.15, -0.1) is 6.42 Å². The normalized spacial score (nSPS) is 10.1. The molecule has 0 spiro atoms. The first-order valence-corrected chi connectivity index (χ1v) is 4.30. The second-order valence-electron chi connectivity index (χ2n) is 3.40. The summed E-state index contributed by atoms with van der Waals surface area (Å²) in [6.07, 6.45) is 5.35. The summed E-state index contributed by atoms with van der Waals surface area (Å²) in [6.45, 7) is 6.01. The fourth-order valence-electron chi connectivity index (χ4n) is 1.19. The van der Waals surface area contributed by atoms with Crippen molar-refractivity contribution >= 4 is 5.69 Å². The number of hydrogen-bond acceptors (Lipinski definition) is 2. The Balaban J connectivity index is 3.35. The number of terminal acetylenes is 1. The molecule has 0 fully saturated rings. The van der Waals surface area contributed by atoms with Gasteiger partial charge < -0.3 is 5.73 Å². The first-order valence-electron chi connectivity index (χ1n) is 4.30. The first kappa shape index (κ1) is 9.60. The van der Waals surface area contributed by atoms with Crippen LogP contribution in [0.5, 0.6) is 0 Å². The van der Waals surface area contributed by atoms with Crippen LogP contribution in [0.3, 0.4) is 0 Å². The molecule has 2 nitrogen and oxygen atoms in total. The van der Waals surface area contributed by atoms with Crippen molar-refractivity contribution in [1.29, 1.82) is 0 Å². The number of hydrogen-bond donors (Lipinski definition) is 1. The summed E-state index contributed by atoms with van der Waals surface area (Å²) in [5, 5.41) is 0. The Hall–Kier alpha value is -1.49. The monoisotopic (exact) mass is 174 g/mol. The van der Waals surface area contributed by atoms with E-state index in [2.05, 4.69) is 24.8 Å². The second-order valence-corrected chi connectivity index (χ2v) is 3.40. The van der Waals surface area contributed by atoms with E-state index in [-0.39, 0.29) is 0 Å². The summed E-state index contributed by atoms with van der Waals surface area (Å²) >= 11 is 0. The summed E-state index contributed by atoms with van der Waals surface area (Å²) < 4.78 is 0. The van der Waals surface area contributed by atoms with E-state index in [1.807, 2.05) is 13.0 Å². The molecule has 0 radical (unpaired) electrons. The minimum absolute atomic E-state index is 0.362. The van der Waals surface area contributed by atoms with Gasteiger partial charge in [-0.25, -0.2) is 4.98 Å². The van der Waals surface area contributed by atoms with Crippen LogP contribution in [0.1, 0.15) is 36.7 Å². The smallest absolute Gasteiger partial charge is 0.116 e. The average Bonchev–Trinajstić information content (AvgIpc) is 2.08. The summed E-state index contributed by atoms with van der Waals surface area (Å²) in [4.78, 5) is 4.25. The van der Waals surface area contributed by atoms with Crippen LogP contribution >= 0.6 is 0 Å². The van der Waals surface area contributed by atoms with E-state index in [1.165, 1.54) is 0 Å². The van der Waals surface area contributed by atoms with Crippen molar-refractivity contribution in [2.45, 2.75) is 26.7 Å². The molecular weight excluding hydrogens is 160 g/mol. The third-order valence-electron chi connectivity index (χ3n) is 2.04. The largest absolute Gasteiger partial charge is 0.397 e. The van der Waals surface area contributed by atoms with Crippen molar-refractivity contribution in [1.82, 2.24) is 4.98 Å². The molecule has 0 bridgehead atoms. The lowest BCUT2D eigenvalue weighted by molar-refractivity contribution is 0.851. The van der Waals surface area contributed by atoms with E-state index in [0.29, 0.717) is 17.3 Å². The van der Waals surface area contributed by atoms with E-state index >= 15 is 0 Å². The molecule has 2 N–H and O–H groups in total. The van der Waals surface area contributed by atoms with E-state index < -0.39 is 0 Å². The van der Waals surface area contributed by atoms with Crippen LogP contribution in [0.2, 0.25) is 0 Å². The Morgan fingerprint density at radius 2 is 2.15 bits per heavy atom. The Bertz CT molecular complexity index is 359. The third kappa shape index (κ3) is 1.81.